The second kappa shape index (κ2) is 5.33. The Balaban J connectivity index is 2.33. The summed E-state index contributed by atoms with van der Waals surface area (Å²) in [6.45, 7) is 0.572. The highest BCUT2D eigenvalue weighted by Gasteiger charge is 2.06. The zero-order valence-electron chi connectivity index (χ0n) is 9.03. The molecule has 5 heteroatoms. The van der Waals surface area contributed by atoms with Gasteiger partial charge in [-0.25, -0.2) is 14.4 Å². The Bertz CT molecular complexity index is 514. The van der Waals surface area contributed by atoms with Crippen molar-refractivity contribution in [2.45, 2.75) is 6.42 Å². The fourth-order valence-electron chi connectivity index (χ4n) is 1.46. The van der Waals surface area contributed by atoms with Crippen LogP contribution in [0, 0.1) is 5.82 Å². The first kappa shape index (κ1) is 12.1. The highest BCUT2D eigenvalue weighted by molar-refractivity contribution is 9.10. The van der Waals surface area contributed by atoms with E-state index in [9.17, 15) is 4.39 Å². The molecule has 0 saturated carbocycles. The molecule has 2 aromatic rings. The molecule has 2 rings (SSSR count). The van der Waals surface area contributed by atoms with E-state index in [-0.39, 0.29) is 5.82 Å². The summed E-state index contributed by atoms with van der Waals surface area (Å²) in [4.78, 5) is 8.48. The molecule has 88 valence electrons. The van der Waals surface area contributed by atoms with Crippen molar-refractivity contribution in [2.75, 3.05) is 6.54 Å². The maximum Gasteiger partial charge on any atom is 0.160 e. The van der Waals surface area contributed by atoms with Crippen molar-refractivity contribution in [2.24, 2.45) is 5.73 Å². The lowest BCUT2D eigenvalue weighted by molar-refractivity contribution is 0.627. The van der Waals surface area contributed by atoms with Gasteiger partial charge < -0.3 is 5.73 Å². The fourth-order valence-corrected chi connectivity index (χ4v) is 1.99. The van der Waals surface area contributed by atoms with E-state index in [1.807, 2.05) is 0 Å². The molecule has 1 heterocycles. The number of nitrogens with two attached hydrogens (primary N) is 1. The van der Waals surface area contributed by atoms with E-state index in [4.69, 9.17) is 5.73 Å². The lowest BCUT2D eigenvalue weighted by Gasteiger charge is -2.04. The van der Waals surface area contributed by atoms with E-state index in [2.05, 4.69) is 25.9 Å². The number of aromatic nitrogens is 2. The van der Waals surface area contributed by atoms with Gasteiger partial charge >= 0.3 is 0 Å². The lowest BCUT2D eigenvalue weighted by Crippen LogP contribution is -2.03. The summed E-state index contributed by atoms with van der Waals surface area (Å²) < 4.78 is 13.6. The van der Waals surface area contributed by atoms with Crippen LogP contribution in [-0.2, 0) is 6.42 Å². The Morgan fingerprint density at radius 2 is 1.94 bits per heavy atom. The highest BCUT2D eigenvalue weighted by atomic mass is 79.9. The number of rotatable bonds is 3. The molecule has 0 bridgehead atoms. The number of halogens is 2. The van der Waals surface area contributed by atoms with Crippen LogP contribution >= 0.6 is 15.9 Å². The van der Waals surface area contributed by atoms with Gasteiger partial charge in [0.1, 0.15) is 5.82 Å². The molecule has 0 amide bonds. The molecule has 0 unspecified atom stereocenters. The topological polar surface area (TPSA) is 51.8 Å². The van der Waals surface area contributed by atoms with Crippen LogP contribution in [0.1, 0.15) is 5.56 Å². The molecule has 0 saturated heterocycles. The van der Waals surface area contributed by atoms with E-state index in [1.165, 1.54) is 12.1 Å². The summed E-state index contributed by atoms with van der Waals surface area (Å²) in [6, 6.07) is 4.43. The van der Waals surface area contributed by atoms with Crippen molar-refractivity contribution in [1.29, 1.82) is 0 Å². The highest BCUT2D eigenvalue weighted by Crippen LogP contribution is 2.25. The van der Waals surface area contributed by atoms with Gasteiger partial charge in [-0.3, -0.25) is 0 Å². The first-order valence-electron chi connectivity index (χ1n) is 5.17. The molecule has 0 aliphatic heterocycles. The Morgan fingerprint density at radius 3 is 2.53 bits per heavy atom. The summed E-state index contributed by atoms with van der Waals surface area (Å²) in [7, 11) is 0. The van der Waals surface area contributed by atoms with Crippen LogP contribution in [-0.4, -0.2) is 16.5 Å². The molecule has 0 spiro atoms. The Labute approximate surface area is 107 Å². The molecule has 3 nitrogen and oxygen atoms in total. The molecule has 1 aromatic carbocycles. The van der Waals surface area contributed by atoms with Crippen molar-refractivity contribution in [3.63, 3.8) is 0 Å². The number of hydrogen-bond donors (Lipinski definition) is 1. The third-order valence-corrected chi connectivity index (χ3v) is 2.97. The third-order valence-electron chi connectivity index (χ3n) is 2.31. The monoisotopic (exact) mass is 295 g/mol. The van der Waals surface area contributed by atoms with Crippen molar-refractivity contribution in [1.82, 2.24) is 9.97 Å². The molecule has 0 radical (unpaired) electrons. The van der Waals surface area contributed by atoms with Gasteiger partial charge in [-0.15, -0.1) is 0 Å². The summed E-state index contributed by atoms with van der Waals surface area (Å²) in [5.41, 5.74) is 7.21. The van der Waals surface area contributed by atoms with Crippen LogP contribution in [0.4, 0.5) is 4.39 Å². The van der Waals surface area contributed by atoms with Crippen LogP contribution in [0.15, 0.2) is 35.1 Å². The van der Waals surface area contributed by atoms with Gasteiger partial charge in [0, 0.05) is 22.4 Å². The van der Waals surface area contributed by atoms with Gasteiger partial charge in [-0.1, -0.05) is 0 Å². The summed E-state index contributed by atoms with van der Waals surface area (Å²) in [6.07, 6.45) is 4.24. The maximum absolute atomic E-state index is 12.9. The molecule has 0 atom stereocenters. The molecule has 17 heavy (non-hydrogen) atoms. The van der Waals surface area contributed by atoms with Crippen LogP contribution in [0.2, 0.25) is 0 Å². The second-order valence-electron chi connectivity index (χ2n) is 3.58. The van der Waals surface area contributed by atoms with Gasteiger partial charge in [0.05, 0.1) is 0 Å². The van der Waals surface area contributed by atoms with E-state index >= 15 is 0 Å². The largest absolute Gasteiger partial charge is 0.330 e. The molecular weight excluding hydrogens is 285 g/mol. The molecule has 0 fully saturated rings. The van der Waals surface area contributed by atoms with E-state index < -0.39 is 0 Å². The average molecular weight is 296 g/mol. The number of nitrogens with zero attached hydrogens (tertiary/aromatic N) is 2. The molecule has 2 N–H and O–H groups in total. The van der Waals surface area contributed by atoms with Crippen LogP contribution in [0.3, 0.4) is 0 Å². The fraction of sp³-hybridized carbons (Fsp3) is 0.167. The third kappa shape index (κ3) is 2.87. The molecule has 0 aliphatic rings. The zero-order valence-corrected chi connectivity index (χ0v) is 10.6. The quantitative estimate of drug-likeness (QED) is 0.947. The van der Waals surface area contributed by atoms with Crippen molar-refractivity contribution >= 4 is 15.9 Å². The van der Waals surface area contributed by atoms with Crippen molar-refractivity contribution < 1.29 is 4.39 Å². The van der Waals surface area contributed by atoms with Gasteiger partial charge in [0.25, 0.3) is 0 Å². The number of hydrogen-bond acceptors (Lipinski definition) is 3. The summed E-state index contributed by atoms with van der Waals surface area (Å²) in [5.74, 6) is 0.276. The van der Waals surface area contributed by atoms with E-state index in [0.717, 1.165) is 17.5 Å². The van der Waals surface area contributed by atoms with Gasteiger partial charge in [0.15, 0.2) is 5.82 Å². The predicted molar refractivity (Wildman–Crippen MR) is 67.9 cm³/mol. The van der Waals surface area contributed by atoms with Crippen LogP contribution in [0.25, 0.3) is 11.4 Å². The smallest absolute Gasteiger partial charge is 0.160 e. The average Bonchev–Trinajstić information content (AvgIpc) is 2.31. The first-order chi connectivity index (χ1) is 8.20. The lowest BCUT2D eigenvalue weighted by atomic mass is 10.2. The number of benzene rings is 1. The normalized spacial score (nSPS) is 10.5. The SMILES string of the molecule is NCCc1cnc(-c2ccc(F)cc2Br)nc1. The van der Waals surface area contributed by atoms with Gasteiger partial charge in [-0.2, -0.15) is 0 Å². The first-order valence-corrected chi connectivity index (χ1v) is 5.96. The minimum Gasteiger partial charge on any atom is -0.330 e. The van der Waals surface area contributed by atoms with Crippen LogP contribution in [0.5, 0.6) is 0 Å². The van der Waals surface area contributed by atoms with E-state index in [0.29, 0.717) is 16.8 Å². The van der Waals surface area contributed by atoms with Crippen molar-refractivity contribution in [3.05, 3.63) is 46.4 Å². The minimum absolute atomic E-state index is 0.291. The molecule has 1 aromatic heterocycles. The maximum atomic E-state index is 12.9. The minimum atomic E-state index is -0.291. The van der Waals surface area contributed by atoms with Gasteiger partial charge in [-0.05, 0) is 52.7 Å². The second-order valence-corrected chi connectivity index (χ2v) is 4.43. The van der Waals surface area contributed by atoms with E-state index in [1.54, 1.807) is 18.5 Å². The zero-order chi connectivity index (χ0) is 12.3. The Morgan fingerprint density at radius 1 is 1.24 bits per heavy atom. The Hall–Kier alpha value is -1.33. The predicted octanol–water partition coefficient (Wildman–Crippen LogP) is 2.55. The van der Waals surface area contributed by atoms with Crippen molar-refractivity contribution in [3.8, 4) is 11.4 Å². The Kier molecular flexibility index (Phi) is 3.81. The molecular formula is C12H11BrFN3. The van der Waals surface area contributed by atoms with Crippen LogP contribution < -0.4 is 5.73 Å². The molecule has 0 aliphatic carbocycles. The van der Waals surface area contributed by atoms with Gasteiger partial charge in [0.2, 0.25) is 0 Å². The summed E-state index contributed by atoms with van der Waals surface area (Å²) in [5, 5.41) is 0. The standard InChI is InChI=1S/C12H11BrFN3/c13-11-5-9(14)1-2-10(11)12-16-6-8(3-4-15)7-17-12/h1-2,5-7H,3-4,15H2. The summed E-state index contributed by atoms with van der Waals surface area (Å²) >= 11 is 3.29.